The van der Waals surface area contributed by atoms with Gasteiger partial charge in [0.15, 0.2) is 0 Å². The third kappa shape index (κ3) is 5.90. The molecule has 0 radical (unpaired) electrons. The van der Waals surface area contributed by atoms with E-state index in [1.54, 1.807) is 0 Å². The minimum atomic E-state index is -0.855. The highest BCUT2D eigenvalue weighted by atomic mass is 16.4. The molecule has 0 saturated carbocycles. The fraction of sp³-hybridized carbons (Fsp3) is 0.867. The average Bonchev–Trinajstić information content (AvgIpc) is 2.38. The number of carbonyl (C=O) groups excluding carboxylic acids is 1. The predicted octanol–water partition coefficient (Wildman–Crippen LogP) is 2.00. The molecule has 0 rings (SSSR count). The third-order valence-corrected chi connectivity index (χ3v) is 4.04. The van der Waals surface area contributed by atoms with E-state index >= 15 is 0 Å². The number of hydrogen-bond donors (Lipinski definition) is 3. The maximum atomic E-state index is 11.9. The summed E-state index contributed by atoms with van der Waals surface area (Å²) in [6.45, 7) is 8.55. The van der Waals surface area contributed by atoms with E-state index in [0.29, 0.717) is 31.7 Å². The molecule has 0 spiro atoms. The van der Waals surface area contributed by atoms with Crippen LogP contribution in [0.4, 0.5) is 0 Å². The van der Waals surface area contributed by atoms with Crippen molar-refractivity contribution in [2.75, 3.05) is 13.1 Å². The average molecular weight is 286 g/mol. The maximum absolute atomic E-state index is 11.9. The number of carbonyl (C=O) groups is 2. The molecule has 118 valence electrons. The first kappa shape index (κ1) is 18.9. The van der Waals surface area contributed by atoms with Crippen LogP contribution in [0.15, 0.2) is 0 Å². The van der Waals surface area contributed by atoms with Gasteiger partial charge in [-0.25, -0.2) is 0 Å². The minimum absolute atomic E-state index is 0.103. The van der Waals surface area contributed by atoms with E-state index in [4.69, 9.17) is 5.73 Å². The van der Waals surface area contributed by atoms with Crippen LogP contribution in [0.2, 0.25) is 0 Å². The maximum Gasteiger partial charge on any atom is 0.311 e. The molecule has 5 heteroatoms. The summed E-state index contributed by atoms with van der Waals surface area (Å²) in [7, 11) is 0. The SMILES string of the molecule is CCC(CC)(CNC(=O)C[C@@H](CN)CC(C)C)C(=O)O. The van der Waals surface area contributed by atoms with Crippen LogP contribution >= 0.6 is 0 Å². The predicted molar refractivity (Wildman–Crippen MR) is 80.3 cm³/mol. The summed E-state index contributed by atoms with van der Waals surface area (Å²) >= 11 is 0. The quantitative estimate of drug-likeness (QED) is 0.572. The Morgan fingerprint density at radius 1 is 1.25 bits per heavy atom. The summed E-state index contributed by atoms with van der Waals surface area (Å²) in [5, 5.41) is 12.1. The standard InChI is InChI=1S/C15H30N2O3/c1-5-15(6-2,14(19)20)10-17-13(18)8-12(9-16)7-11(3)4/h11-12H,5-10,16H2,1-4H3,(H,17,18)(H,19,20)/t12-/m0/s1. The van der Waals surface area contributed by atoms with Gasteiger partial charge in [0.2, 0.25) is 5.91 Å². The Morgan fingerprint density at radius 2 is 1.80 bits per heavy atom. The Bertz CT molecular complexity index is 312. The molecule has 0 fully saturated rings. The minimum Gasteiger partial charge on any atom is -0.481 e. The summed E-state index contributed by atoms with van der Waals surface area (Å²) in [4.78, 5) is 23.3. The van der Waals surface area contributed by atoms with Crippen molar-refractivity contribution in [3.05, 3.63) is 0 Å². The van der Waals surface area contributed by atoms with E-state index in [1.807, 2.05) is 13.8 Å². The van der Waals surface area contributed by atoms with Gasteiger partial charge in [0.25, 0.3) is 0 Å². The van der Waals surface area contributed by atoms with Crippen molar-refractivity contribution in [3.63, 3.8) is 0 Å². The summed E-state index contributed by atoms with van der Waals surface area (Å²) in [6, 6.07) is 0. The van der Waals surface area contributed by atoms with Gasteiger partial charge < -0.3 is 16.2 Å². The summed E-state index contributed by atoms with van der Waals surface area (Å²) in [5.41, 5.74) is 4.82. The highest BCUT2D eigenvalue weighted by Gasteiger charge is 2.35. The molecule has 0 aliphatic rings. The Morgan fingerprint density at radius 3 is 2.15 bits per heavy atom. The van der Waals surface area contributed by atoms with Crippen LogP contribution in [0.5, 0.6) is 0 Å². The second-order valence-corrected chi connectivity index (χ2v) is 6.00. The number of amides is 1. The first-order chi connectivity index (χ1) is 9.31. The normalized spacial score (nSPS) is 13.3. The van der Waals surface area contributed by atoms with Crippen LogP contribution in [0.1, 0.15) is 53.4 Å². The molecule has 0 aromatic heterocycles. The molecule has 0 unspecified atom stereocenters. The fourth-order valence-electron chi connectivity index (χ4n) is 2.41. The van der Waals surface area contributed by atoms with Gasteiger partial charge in [-0.1, -0.05) is 27.7 Å². The number of rotatable bonds is 10. The van der Waals surface area contributed by atoms with Crippen molar-refractivity contribution < 1.29 is 14.7 Å². The van der Waals surface area contributed by atoms with Crippen molar-refractivity contribution in [2.24, 2.45) is 23.0 Å². The van der Waals surface area contributed by atoms with Crippen molar-refractivity contribution in [1.29, 1.82) is 0 Å². The third-order valence-electron chi connectivity index (χ3n) is 4.04. The number of aliphatic carboxylic acids is 1. The molecular formula is C15H30N2O3. The molecule has 0 bridgehead atoms. The van der Waals surface area contributed by atoms with Crippen molar-refractivity contribution >= 4 is 11.9 Å². The van der Waals surface area contributed by atoms with Crippen molar-refractivity contribution in [3.8, 4) is 0 Å². The second kappa shape index (κ2) is 8.95. The molecule has 0 aromatic carbocycles. The Balaban J connectivity index is 4.42. The zero-order chi connectivity index (χ0) is 15.8. The summed E-state index contributed by atoms with van der Waals surface area (Å²) in [5.74, 6) is -0.285. The van der Waals surface area contributed by atoms with E-state index < -0.39 is 11.4 Å². The van der Waals surface area contributed by atoms with Crippen LogP contribution < -0.4 is 11.1 Å². The number of carboxylic acid groups (broad SMARTS) is 1. The van der Waals surface area contributed by atoms with Crippen LogP contribution in [-0.2, 0) is 9.59 Å². The molecule has 1 amide bonds. The van der Waals surface area contributed by atoms with Gasteiger partial charge in [-0.3, -0.25) is 9.59 Å². The van der Waals surface area contributed by atoms with Crippen LogP contribution in [0.3, 0.4) is 0 Å². The van der Waals surface area contributed by atoms with Crippen LogP contribution in [0, 0.1) is 17.3 Å². The molecule has 0 saturated heterocycles. The van der Waals surface area contributed by atoms with Gasteiger partial charge in [-0.15, -0.1) is 0 Å². The highest BCUT2D eigenvalue weighted by Crippen LogP contribution is 2.25. The lowest BCUT2D eigenvalue weighted by molar-refractivity contribution is -0.149. The van der Waals surface area contributed by atoms with E-state index in [2.05, 4.69) is 19.2 Å². The largest absolute Gasteiger partial charge is 0.481 e. The molecule has 0 aromatic rings. The monoisotopic (exact) mass is 286 g/mol. The smallest absolute Gasteiger partial charge is 0.311 e. The number of carboxylic acids is 1. The molecule has 5 nitrogen and oxygen atoms in total. The van der Waals surface area contributed by atoms with E-state index in [1.165, 1.54) is 0 Å². The molecule has 4 N–H and O–H groups in total. The highest BCUT2D eigenvalue weighted by molar-refractivity contribution is 5.79. The molecular weight excluding hydrogens is 256 g/mol. The molecule has 0 aliphatic heterocycles. The van der Waals surface area contributed by atoms with Crippen molar-refractivity contribution in [2.45, 2.75) is 53.4 Å². The Labute approximate surface area is 122 Å². The van der Waals surface area contributed by atoms with Gasteiger partial charge in [-0.2, -0.15) is 0 Å². The van der Waals surface area contributed by atoms with Gasteiger partial charge in [-0.05, 0) is 37.6 Å². The first-order valence-electron chi connectivity index (χ1n) is 7.51. The van der Waals surface area contributed by atoms with Crippen molar-refractivity contribution in [1.82, 2.24) is 5.32 Å². The summed E-state index contributed by atoms with van der Waals surface area (Å²) < 4.78 is 0. The zero-order valence-electron chi connectivity index (χ0n) is 13.2. The van der Waals surface area contributed by atoms with E-state index in [0.717, 1.165) is 6.42 Å². The molecule has 0 heterocycles. The molecule has 0 aliphatic carbocycles. The Kier molecular flexibility index (Phi) is 8.46. The Hall–Kier alpha value is -1.10. The van der Waals surface area contributed by atoms with Gasteiger partial charge in [0.05, 0.1) is 5.41 Å². The first-order valence-corrected chi connectivity index (χ1v) is 7.51. The van der Waals surface area contributed by atoms with Crippen LogP contribution in [-0.4, -0.2) is 30.1 Å². The van der Waals surface area contributed by atoms with E-state index in [-0.39, 0.29) is 18.4 Å². The van der Waals surface area contributed by atoms with Gasteiger partial charge in [0.1, 0.15) is 0 Å². The number of nitrogens with one attached hydrogen (secondary N) is 1. The molecule has 1 atom stereocenters. The van der Waals surface area contributed by atoms with Crippen LogP contribution in [0.25, 0.3) is 0 Å². The zero-order valence-corrected chi connectivity index (χ0v) is 13.2. The van der Waals surface area contributed by atoms with Gasteiger partial charge in [0, 0.05) is 13.0 Å². The molecule has 20 heavy (non-hydrogen) atoms. The van der Waals surface area contributed by atoms with Gasteiger partial charge >= 0.3 is 5.97 Å². The van der Waals surface area contributed by atoms with E-state index in [9.17, 15) is 14.7 Å². The number of hydrogen-bond acceptors (Lipinski definition) is 3. The number of nitrogens with two attached hydrogens (primary N) is 1. The topological polar surface area (TPSA) is 92.4 Å². The lowest BCUT2D eigenvalue weighted by Crippen LogP contribution is -2.43. The lowest BCUT2D eigenvalue weighted by Gasteiger charge is -2.27. The lowest BCUT2D eigenvalue weighted by atomic mass is 9.82. The fourth-order valence-corrected chi connectivity index (χ4v) is 2.41. The second-order valence-electron chi connectivity index (χ2n) is 6.00. The summed E-state index contributed by atoms with van der Waals surface area (Å²) in [6.07, 6.45) is 2.30.